The smallest absolute Gasteiger partial charge is 0.759 e. The van der Waals surface area contributed by atoms with Crippen LogP contribution < -0.4 is 0 Å². The van der Waals surface area contributed by atoms with Crippen LogP contribution in [0.3, 0.4) is 0 Å². The van der Waals surface area contributed by atoms with Gasteiger partial charge in [0.2, 0.25) is 0 Å². The average molecular weight is 344 g/mol. The zero-order valence-electron chi connectivity index (χ0n) is 8.82. The molecule has 0 amide bonds. The van der Waals surface area contributed by atoms with Gasteiger partial charge in [-0.25, -0.2) is 4.79 Å². The maximum Gasteiger partial charge on any atom is 2.00 e. The summed E-state index contributed by atoms with van der Waals surface area (Å²) in [6.45, 7) is 0. The van der Waals surface area contributed by atoms with Gasteiger partial charge in [0.05, 0.1) is 12.8 Å². The topological polar surface area (TPSA) is 212 Å². The molecule has 4 N–H and O–H groups in total. The molecule has 0 saturated heterocycles. The Hall–Kier alpha value is -1.24. The quantitative estimate of drug-likeness (QED) is 0.231. The third-order valence-electron chi connectivity index (χ3n) is 1.29. The number of carboxylic acids is 3. The van der Waals surface area contributed by atoms with E-state index < -0.39 is 46.7 Å². The maximum absolute atomic E-state index is 10.3. The summed E-state index contributed by atoms with van der Waals surface area (Å²) in [5, 5.41) is 33.8. The van der Waals surface area contributed by atoms with Crippen molar-refractivity contribution in [3.05, 3.63) is 0 Å². The summed E-state index contributed by atoms with van der Waals surface area (Å²) in [6.07, 6.45) is -2.29. The van der Waals surface area contributed by atoms with E-state index in [1.54, 1.807) is 0 Å². The number of aliphatic hydroxyl groups is 1. The van der Waals surface area contributed by atoms with Crippen molar-refractivity contribution < 1.29 is 69.4 Å². The Bertz CT molecular complexity index is 402. The van der Waals surface area contributed by atoms with E-state index in [9.17, 15) is 14.4 Å². The molecule has 0 unspecified atom stereocenters. The number of aliphatic carboxylic acids is 3. The molecule has 13 heteroatoms. The Balaban J connectivity index is -0.000000366. The van der Waals surface area contributed by atoms with Crippen LogP contribution in [0.15, 0.2) is 0 Å². The number of carbonyl (C=O) groups is 3. The van der Waals surface area contributed by atoms with Crippen LogP contribution in [0.5, 0.6) is 0 Å². The molecule has 0 aromatic heterocycles. The molecule has 0 saturated carbocycles. The van der Waals surface area contributed by atoms with Crippen LogP contribution in [0.1, 0.15) is 12.8 Å². The Morgan fingerprint density at radius 1 is 0.947 bits per heavy atom. The molecule has 0 atom stereocenters. The minimum absolute atomic E-state index is 0. The molecule has 112 valence electrons. The maximum atomic E-state index is 10.3. The van der Waals surface area contributed by atoms with E-state index in [1.807, 2.05) is 0 Å². The van der Waals surface area contributed by atoms with Gasteiger partial charge in [-0.15, -0.1) is 0 Å². The van der Waals surface area contributed by atoms with E-state index in [0.29, 0.717) is 0 Å². The zero-order chi connectivity index (χ0) is 15.1. The Morgan fingerprint density at radius 2 is 1.16 bits per heavy atom. The first kappa shape index (κ1) is 22.9. The molecule has 11 nitrogen and oxygen atoms in total. The van der Waals surface area contributed by atoms with Crippen molar-refractivity contribution >= 4 is 28.3 Å². The number of hydrogen-bond donors (Lipinski definition) is 4. The third-order valence-corrected chi connectivity index (χ3v) is 1.29. The van der Waals surface area contributed by atoms with Gasteiger partial charge in [0.1, 0.15) is 0 Å². The molecule has 0 fully saturated rings. The van der Waals surface area contributed by atoms with Crippen molar-refractivity contribution in [1.29, 1.82) is 0 Å². The normalized spacial score (nSPS) is 10.5. The summed E-state index contributed by atoms with van der Waals surface area (Å²) in [5.74, 6) is -5.02. The second-order valence-electron chi connectivity index (χ2n) is 2.89. The minimum Gasteiger partial charge on any atom is -0.759 e. The van der Waals surface area contributed by atoms with Crippen molar-refractivity contribution in [3.63, 3.8) is 0 Å². The summed E-state index contributed by atoms with van der Waals surface area (Å²) >= 11 is 0. The molecular weight excluding hydrogens is 336 g/mol. The first-order valence-corrected chi connectivity index (χ1v) is 5.17. The van der Waals surface area contributed by atoms with E-state index in [0.717, 1.165) is 0 Å². The monoisotopic (exact) mass is 344 g/mol. The summed E-state index contributed by atoms with van der Waals surface area (Å²) in [7, 11) is -5.17. The van der Waals surface area contributed by atoms with Gasteiger partial charge in [-0.05, 0) is 0 Å². The van der Waals surface area contributed by atoms with E-state index in [1.165, 1.54) is 0 Å². The number of carboxylic acid groups (broad SMARTS) is 3. The molecule has 0 heterocycles. The first-order valence-electron chi connectivity index (χ1n) is 3.84. The van der Waals surface area contributed by atoms with Crippen LogP contribution in [0.4, 0.5) is 0 Å². The Labute approximate surface area is 116 Å². The van der Waals surface area contributed by atoms with Crippen LogP contribution in [0, 0.1) is 0 Å². The van der Waals surface area contributed by atoms with Gasteiger partial charge in [-0.2, -0.15) is 0 Å². The van der Waals surface area contributed by atoms with Crippen molar-refractivity contribution in [2.24, 2.45) is 0 Å². The molecule has 0 rings (SSSR count). The Morgan fingerprint density at radius 3 is 1.26 bits per heavy atom. The van der Waals surface area contributed by atoms with Crippen LogP contribution in [-0.2, 0) is 41.9 Å². The molecule has 0 spiro atoms. The average Bonchev–Trinajstić information content (AvgIpc) is 1.95. The van der Waals surface area contributed by atoms with Crippen molar-refractivity contribution in [3.8, 4) is 0 Å². The van der Waals surface area contributed by atoms with Gasteiger partial charge < -0.3 is 29.5 Å². The summed E-state index contributed by atoms with van der Waals surface area (Å²) in [5.41, 5.74) is -2.74. The fourth-order valence-electron chi connectivity index (χ4n) is 0.714. The fraction of sp³-hybridized carbons (Fsp3) is 0.500. The number of hydrogen-bond acceptors (Lipinski definition) is 8. The zero-order valence-corrected chi connectivity index (χ0v) is 10.7. The van der Waals surface area contributed by atoms with Crippen LogP contribution in [0.2, 0.25) is 0 Å². The summed E-state index contributed by atoms with van der Waals surface area (Å²) < 4.78 is 34.1. The SMILES string of the molecule is O=C(O)CC(O)(CC(=O)O)C(=O)O.O=S(=O)([O-])[O-].[Fe+2]. The number of rotatable bonds is 5. The molecular formula is C6H8FeO11S. The van der Waals surface area contributed by atoms with E-state index >= 15 is 0 Å². The van der Waals surface area contributed by atoms with Crippen LogP contribution in [-0.4, -0.2) is 61.5 Å². The largest absolute Gasteiger partial charge is 2.00 e. The summed E-state index contributed by atoms with van der Waals surface area (Å²) in [4.78, 5) is 30.5. The molecule has 0 aliphatic heterocycles. The van der Waals surface area contributed by atoms with Gasteiger partial charge in [0, 0.05) is 10.4 Å². The third kappa shape index (κ3) is 16.8. The van der Waals surface area contributed by atoms with Gasteiger partial charge in [0.25, 0.3) is 0 Å². The van der Waals surface area contributed by atoms with Gasteiger partial charge in [0.15, 0.2) is 5.60 Å². The molecule has 0 bridgehead atoms. The fourth-order valence-corrected chi connectivity index (χ4v) is 0.714. The van der Waals surface area contributed by atoms with Crippen molar-refractivity contribution in [2.75, 3.05) is 0 Å². The minimum atomic E-state index is -5.17. The van der Waals surface area contributed by atoms with Crippen molar-refractivity contribution in [2.45, 2.75) is 18.4 Å². The predicted octanol–water partition coefficient (Wildman–Crippen LogP) is -2.59. The second kappa shape index (κ2) is 8.79. The van der Waals surface area contributed by atoms with Gasteiger partial charge in [-0.3, -0.25) is 18.0 Å². The summed E-state index contributed by atoms with van der Waals surface area (Å²) in [6, 6.07) is 0. The van der Waals surface area contributed by atoms with Crippen LogP contribution in [0.25, 0.3) is 0 Å². The Kier molecular flexibility index (Phi) is 10.6. The molecule has 19 heavy (non-hydrogen) atoms. The standard InChI is InChI=1S/C6H8O7.Fe.H2O4S/c7-3(8)1-6(13,5(11)12)2-4(9)10;;1-5(2,3)4/h13H,1-2H2,(H,7,8)(H,9,10)(H,11,12);;(H2,1,2,3,4)/q;+2;/p-2. The van der Waals surface area contributed by atoms with Gasteiger partial charge in [-0.1, -0.05) is 0 Å². The first-order chi connectivity index (χ1) is 7.78. The van der Waals surface area contributed by atoms with E-state index in [2.05, 4.69) is 0 Å². The van der Waals surface area contributed by atoms with Gasteiger partial charge >= 0.3 is 35.0 Å². The van der Waals surface area contributed by atoms with E-state index in [4.69, 9.17) is 37.9 Å². The predicted molar refractivity (Wildman–Crippen MR) is 47.6 cm³/mol. The molecule has 0 radical (unpaired) electrons. The van der Waals surface area contributed by atoms with Crippen LogP contribution >= 0.6 is 0 Å². The second-order valence-corrected chi connectivity index (χ2v) is 3.70. The molecule has 0 aliphatic carbocycles. The van der Waals surface area contributed by atoms with E-state index in [-0.39, 0.29) is 17.1 Å². The molecule has 0 aromatic carbocycles. The molecule has 0 aliphatic rings. The van der Waals surface area contributed by atoms with Crippen molar-refractivity contribution in [1.82, 2.24) is 0 Å². The molecule has 0 aromatic rings.